The molecule has 3 heterocycles. The Labute approximate surface area is 115 Å². The van der Waals surface area contributed by atoms with Gasteiger partial charge in [-0.15, -0.1) is 0 Å². The van der Waals surface area contributed by atoms with E-state index >= 15 is 0 Å². The molecule has 3 unspecified atom stereocenters. The van der Waals surface area contributed by atoms with Crippen molar-refractivity contribution in [2.45, 2.75) is 38.0 Å². The van der Waals surface area contributed by atoms with Crippen molar-refractivity contribution in [1.29, 1.82) is 0 Å². The van der Waals surface area contributed by atoms with Crippen LogP contribution < -0.4 is 5.32 Å². The van der Waals surface area contributed by atoms with Crippen molar-refractivity contribution in [3.63, 3.8) is 0 Å². The van der Waals surface area contributed by atoms with E-state index in [1.807, 2.05) is 18.5 Å². The molecule has 3 atom stereocenters. The third kappa shape index (κ3) is 3.14. The van der Waals surface area contributed by atoms with Crippen LogP contribution in [0.5, 0.6) is 0 Å². The highest BCUT2D eigenvalue weighted by atomic mass is 16.5. The fraction of sp³-hybridized carbons (Fsp3) is 0.667. The summed E-state index contributed by atoms with van der Waals surface area (Å²) in [5.41, 5.74) is 1.23. The summed E-state index contributed by atoms with van der Waals surface area (Å²) in [5, 5.41) is 3.56. The average molecular weight is 261 g/mol. The SMILES string of the molecule is CC(NCC1CN2CCCC2CO1)c1cccnc1. The van der Waals surface area contributed by atoms with Gasteiger partial charge in [-0.25, -0.2) is 0 Å². The van der Waals surface area contributed by atoms with Crippen LogP contribution in [0.1, 0.15) is 31.4 Å². The molecule has 0 aliphatic carbocycles. The normalized spacial score (nSPS) is 29.1. The molecule has 19 heavy (non-hydrogen) atoms. The van der Waals surface area contributed by atoms with Crippen molar-refractivity contribution < 1.29 is 4.74 Å². The third-order valence-electron chi connectivity index (χ3n) is 4.30. The Morgan fingerprint density at radius 2 is 2.53 bits per heavy atom. The standard InChI is InChI=1S/C15H23N3O/c1-12(13-4-2-6-16-8-13)17-9-15-10-18-7-3-5-14(18)11-19-15/h2,4,6,8,12,14-15,17H,3,5,7,9-11H2,1H3. The van der Waals surface area contributed by atoms with Crippen LogP contribution >= 0.6 is 0 Å². The Balaban J connectivity index is 1.47. The smallest absolute Gasteiger partial charge is 0.0827 e. The molecule has 2 fully saturated rings. The molecule has 0 spiro atoms. The van der Waals surface area contributed by atoms with Crippen LogP contribution in [0, 0.1) is 0 Å². The zero-order valence-electron chi connectivity index (χ0n) is 11.6. The van der Waals surface area contributed by atoms with Gasteiger partial charge >= 0.3 is 0 Å². The second kappa shape index (κ2) is 5.99. The molecule has 0 radical (unpaired) electrons. The summed E-state index contributed by atoms with van der Waals surface area (Å²) in [4.78, 5) is 6.75. The van der Waals surface area contributed by atoms with Crippen molar-refractivity contribution in [3.8, 4) is 0 Å². The van der Waals surface area contributed by atoms with Crippen molar-refractivity contribution >= 4 is 0 Å². The second-order valence-corrected chi connectivity index (χ2v) is 5.66. The van der Waals surface area contributed by atoms with Crippen molar-refractivity contribution in [2.24, 2.45) is 0 Å². The summed E-state index contributed by atoms with van der Waals surface area (Å²) in [5.74, 6) is 0. The highest BCUT2D eigenvalue weighted by molar-refractivity contribution is 5.12. The van der Waals surface area contributed by atoms with Crippen molar-refractivity contribution in [2.75, 3.05) is 26.2 Å². The minimum atomic E-state index is 0.327. The molecule has 4 nitrogen and oxygen atoms in total. The topological polar surface area (TPSA) is 37.4 Å². The predicted molar refractivity (Wildman–Crippen MR) is 75.0 cm³/mol. The number of aromatic nitrogens is 1. The van der Waals surface area contributed by atoms with E-state index in [9.17, 15) is 0 Å². The zero-order valence-corrected chi connectivity index (χ0v) is 11.6. The molecule has 0 aromatic carbocycles. The minimum absolute atomic E-state index is 0.327. The molecule has 0 saturated carbocycles. The van der Waals surface area contributed by atoms with Crippen LogP contribution in [0.2, 0.25) is 0 Å². The summed E-state index contributed by atoms with van der Waals surface area (Å²) < 4.78 is 5.96. The Morgan fingerprint density at radius 1 is 1.58 bits per heavy atom. The van der Waals surface area contributed by atoms with Gasteiger partial charge in [-0.3, -0.25) is 9.88 Å². The van der Waals surface area contributed by atoms with Gasteiger partial charge in [0.05, 0.1) is 12.7 Å². The number of hydrogen-bond acceptors (Lipinski definition) is 4. The second-order valence-electron chi connectivity index (χ2n) is 5.66. The number of hydrogen-bond donors (Lipinski definition) is 1. The highest BCUT2D eigenvalue weighted by Crippen LogP contribution is 2.22. The quantitative estimate of drug-likeness (QED) is 0.893. The minimum Gasteiger partial charge on any atom is -0.374 e. The van der Waals surface area contributed by atoms with Crippen LogP contribution in [-0.2, 0) is 4.74 Å². The molecule has 0 bridgehead atoms. The van der Waals surface area contributed by atoms with Crippen LogP contribution in [0.3, 0.4) is 0 Å². The van der Waals surface area contributed by atoms with Gasteiger partial charge in [-0.1, -0.05) is 6.07 Å². The fourth-order valence-electron chi connectivity index (χ4n) is 3.07. The Bertz CT molecular complexity index is 398. The molecule has 0 amide bonds. The van der Waals surface area contributed by atoms with Gasteiger partial charge in [-0.05, 0) is 37.9 Å². The summed E-state index contributed by atoms with van der Waals surface area (Å²) in [7, 11) is 0. The maximum absolute atomic E-state index is 5.96. The predicted octanol–water partition coefficient (Wildman–Crippen LogP) is 1.60. The Hall–Kier alpha value is -0.970. The molecule has 4 heteroatoms. The van der Waals surface area contributed by atoms with Crippen LogP contribution in [0.15, 0.2) is 24.5 Å². The van der Waals surface area contributed by atoms with Gasteiger partial charge in [0.1, 0.15) is 0 Å². The number of nitrogens with one attached hydrogen (secondary N) is 1. The monoisotopic (exact) mass is 261 g/mol. The number of rotatable bonds is 4. The number of nitrogens with zero attached hydrogens (tertiary/aromatic N) is 2. The Kier molecular flexibility index (Phi) is 4.11. The highest BCUT2D eigenvalue weighted by Gasteiger charge is 2.32. The molecular formula is C15H23N3O. The van der Waals surface area contributed by atoms with Gasteiger partial charge in [-0.2, -0.15) is 0 Å². The van der Waals surface area contributed by atoms with E-state index in [4.69, 9.17) is 4.74 Å². The molecular weight excluding hydrogens is 238 g/mol. The van der Waals surface area contributed by atoms with E-state index in [2.05, 4.69) is 28.2 Å². The third-order valence-corrected chi connectivity index (χ3v) is 4.30. The first-order valence-corrected chi connectivity index (χ1v) is 7.32. The van der Waals surface area contributed by atoms with E-state index in [1.165, 1.54) is 24.9 Å². The summed E-state index contributed by atoms with van der Waals surface area (Å²) in [6, 6.07) is 5.11. The average Bonchev–Trinajstić information content (AvgIpc) is 2.93. The fourth-order valence-corrected chi connectivity index (χ4v) is 3.07. The van der Waals surface area contributed by atoms with Crippen molar-refractivity contribution in [1.82, 2.24) is 15.2 Å². The van der Waals surface area contributed by atoms with Crippen LogP contribution in [0.25, 0.3) is 0 Å². The van der Waals surface area contributed by atoms with E-state index in [0.717, 1.165) is 19.7 Å². The van der Waals surface area contributed by atoms with Gasteiger partial charge in [0.15, 0.2) is 0 Å². The molecule has 1 N–H and O–H groups in total. The summed E-state index contributed by atoms with van der Waals surface area (Å²) >= 11 is 0. The maximum atomic E-state index is 5.96. The van der Waals surface area contributed by atoms with E-state index in [1.54, 1.807) is 0 Å². The Morgan fingerprint density at radius 3 is 3.37 bits per heavy atom. The first-order valence-electron chi connectivity index (χ1n) is 7.32. The van der Waals surface area contributed by atoms with E-state index < -0.39 is 0 Å². The molecule has 1 aromatic rings. The van der Waals surface area contributed by atoms with Crippen LogP contribution in [0.4, 0.5) is 0 Å². The van der Waals surface area contributed by atoms with Crippen LogP contribution in [-0.4, -0.2) is 48.3 Å². The lowest BCUT2D eigenvalue weighted by molar-refractivity contribution is -0.0477. The molecule has 2 saturated heterocycles. The first-order chi connectivity index (χ1) is 9.33. The number of fused-ring (bicyclic) bond motifs is 1. The molecule has 2 aliphatic heterocycles. The summed E-state index contributed by atoms with van der Waals surface area (Å²) in [6.45, 7) is 6.34. The van der Waals surface area contributed by atoms with Crippen molar-refractivity contribution in [3.05, 3.63) is 30.1 Å². The lowest BCUT2D eigenvalue weighted by Gasteiger charge is -2.35. The van der Waals surface area contributed by atoms with Gasteiger partial charge < -0.3 is 10.1 Å². The number of ether oxygens (including phenoxy) is 1. The maximum Gasteiger partial charge on any atom is 0.0827 e. The molecule has 2 aliphatic rings. The summed E-state index contributed by atoms with van der Waals surface area (Å²) in [6.07, 6.45) is 6.71. The van der Waals surface area contributed by atoms with Gasteiger partial charge in [0.25, 0.3) is 0 Å². The van der Waals surface area contributed by atoms with Gasteiger partial charge in [0.2, 0.25) is 0 Å². The number of morpholine rings is 1. The largest absolute Gasteiger partial charge is 0.374 e. The number of pyridine rings is 1. The molecule has 104 valence electrons. The molecule has 3 rings (SSSR count). The molecule has 1 aromatic heterocycles. The lowest BCUT2D eigenvalue weighted by atomic mass is 10.1. The first kappa shape index (κ1) is 13.0. The zero-order chi connectivity index (χ0) is 13.1. The lowest BCUT2D eigenvalue weighted by Crippen LogP contribution is -2.49. The van der Waals surface area contributed by atoms with E-state index in [-0.39, 0.29) is 0 Å². The van der Waals surface area contributed by atoms with Gasteiger partial charge in [0, 0.05) is 37.6 Å². The van der Waals surface area contributed by atoms with E-state index in [0.29, 0.717) is 18.2 Å².